The second-order valence-corrected chi connectivity index (χ2v) is 27.2. The number of quaternary nitrogens is 1. The molecule has 2 N–H and O–H groups in total. The lowest BCUT2D eigenvalue weighted by Crippen LogP contribution is -2.47. The van der Waals surface area contributed by atoms with Crippen LogP contribution in [0, 0.1) is 0 Å². The third kappa shape index (κ3) is 67.2. The number of nitrogens with zero attached hydrogens (tertiary/aromatic N) is 1. The molecule has 0 saturated heterocycles. The molecule has 3 unspecified atom stereocenters. The molecule has 0 fully saturated rings. The van der Waals surface area contributed by atoms with Gasteiger partial charge in [-0.05, 0) is 109 Å². The Labute approximate surface area is 538 Å². The van der Waals surface area contributed by atoms with Crippen molar-refractivity contribution in [1.82, 2.24) is 5.32 Å². The van der Waals surface area contributed by atoms with Crippen molar-refractivity contribution in [2.45, 2.75) is 341 Å². The van der Waals surface area contributed by atoms with E-state index < -0.39 is 20.0 Å². The van der Waals surface area contributed by atoms with Crippen molar-refractivity contribution in [3.05, 3.63) is 97.2 Å². The number of ether oxygens (including phenoxy) is 1. The lowest BCUT2D eigenvalue weighted by atomic mass is 10.0. The number of amides is 1. The number of likely N-dealkylation sites (N-methyl/N-ethyl adjacent to an activating group) is 1. The van der Waals surface area contributed by atoms with E-state index in [2.05, 4.69) is 111 Å². The average Bonchev–Trinajstić information content (AvgIpc) is 3.69. The number of hydrogen-bond acceptors (Lipinski definition) is 6. The fourth-order valence-corrected chi connectivity index (χ4v) is 11.1. The lowest BCUT2D eigenvalue weighted by Gasteiger charge is -2.27. The van der Waals surface area contributed by atoms with Gasteiger partial charge in [-0.3, -0.25) is 18.6 Å². The first kappa shape index (κ1) is 83.9. The lowest BCUT2D eigenvalue weighted by molar-refractivity contribution is -0.870. The zero-order valence-electron chi connectivity index (χ0n) is 57.7. The number of hydrogen-bond donors (Lipinski definition) is 2. The number of nitrogens with one attached hydrogen (secondary N) is 1. The van der Waals surface area contributed by atoms with Crippen molar-refractivity contribution >= 4 is 19.7 Å². The number of allylic oxidation sites excluding steroid dienone is 15. The fraction of sp³-hybridized carbons (Fsp3) is 0.766. The van der Waals surface area contributed by atoms with Gasteiger partial charge in [0.05, 0.1) is 33.8 Å². The smallest absolute Gasteiger partial charge is 0.456 e. The highest BCUT2D eigenvalue weighted by Crippen LogP contribution is 2.43. The number of phosphoric acid groups is 1. The van der Waals surface area contributed by atoms with E-state index in [1.807, 2.05) is 33.3 Å². The van der Waals surface area contributed by atoms with Crippen LogP contribution in [-0.2, 0) is 27.9 Å². The largest absolute Gasteiger partial charge is 0.472 e. The SMILES string of the molecule is CC/C=C\C/C=C\C/C=C\C/C=C\C/C=C\C/C=C\CCCCC(=O)NC(COP(=O)(O)OCC[N+](C)(C)C)C(/C=C\CCCCCCCCCCCCC)OC(=O)CCCCCCCCCCCCCCCCCCC/C=C/CCCCCCCC. The molecular formula is C77H140N2O7P+. The number of esters is 1. The molecule has 0 aliphatic heterocycles. The molecule has 504 valence electrons. The van der Waals surface area contributed by atoms with Gasteiger partial charge < -0.3 is 19.4 Å². The topological polar surface area (TPSA) is 111 Å². The molecule has 3 atom stereocenters. The molecule has 0 bridgehead atoms. The first-order chi connectivity index (χ1) is 42.4. The minimum atomic E-state index is -4.47. The van der Waals surface area contributed by atoms with Gasteiger partial charge in [0, 0.05) is 12.8 Å². The molecule has 0 aromatic rings. The number of unbranched alkanes of at least 4 members (excludes halogenated alkanes) is 36. The van der Waals surface area contributed by atoms with Gasteiger partial charge in [0.1, 0.15) is 19.3 Å². The third-order valence-corrected chi connectivity index (χ3v) is 17.0. The Kier molecular flexibility index (Phi) is 63.5. The van der Waals surface area contributed by atoms with Gasteiger partial charge in [0.2, 0.25) is 5.91 Å². The molecule has 9 nitrogen and oxygen atoms in total. The van der Waals surface area contributed by atoms with Crippen LogP contribution in [0.4, 0.5) is 0 Å². The molecule has 10 heteroatoms. The molecule has 0 aromatic heterocycles. The van der Waals surface area contributed by atoms with Crippen molar-refractivity contribution in [3.8, 4) is 0 Å². The number of carbonyl (C=O) groups excluding carboxylic acids is 2. The van der Waals surface area contributed by atoms with Gasteiger partial charge >= 0.3 is 13.8 Å². The van der Waals surface area contributed by atoms with Crippen LogP contribution < -0.4 is 5.32 Å². The fourth-order valence-electron chi connectivity index (χ4n) is 10.4. The predicted octanol–water partition coefficient (Wildman–Crippen LogP) is 23.5. The Bertz CT molecular complexity index is 1810. The van der Waals surface area contributed by atoms with Gasteiger partial charge in [0.25, 0.3) is 0 Å². The standard InChI is InChI=1S/C77H139N2O7P/c1-7-10-13-16-19-22-25-28-30-32-34-36-37-38-39-40-41-43-45-47-49-52-55-58-61-64-67-70-77(81)86-75(68-65-62-59-56-53-50-27-24-21-18-15-12-9-3)74(73-85-87(82,83)84-72-71-79(4,5)6)78-76(80)69-66-63-60-57-54-51-48-46-44-42-35-33-31-29-26-23-20-17-14-11-8-2/h11,14,20,23,28-31,35,42,46,48,54,57,65,68,74-75H,7-10,12-13,15-19,21-22,24-27,32-34,36-41,43-45,47,49-53,55-56,58-64,66-67,69-73H2,1-6H3,(H-,78,80,82,83)/p+1/b14-11-,23-20-,30-28+,31-29-,42-35-,48-46-,57-54-,68-65-. The predicted molar refractivity (Wildman–Crippen MR) is 378 cm³/mol. The Morgan fingerprint density at radius 2 is 0.736 bits per heavy atom. The maximum Gasteiger partial charge on any atom is 0.472 e. The van der Waals surface area contributed by atoms with E-state index in [-0.39, 0.29) is 37.9 Å². The highest BCUT2D eigenvalue weighted by molar-refractivity contribution is 7.47. The monoisotopic (exact) mass is 1240 g/mol. The summed E-state index contributed by atoms with van der Waals surface area (Å²) >= 11 is 0. The highest BCUT2D eigenvalue weighted by atomic mass is 31.2. The van der Waals surface area contributed by atoms with E-state index >= 15 is 0 Å². The Morgan fingerprint density at radius 3 is 1.13 bits per heavy atom. The number of carbonyl (C=O) groups is 2. The van der Waals surface area contributed by atoms with E-state index in [1.54, 1.807) is 0 Å². The van der Waals surface area contributed by atoms with Crippen LogP contribution in [0.3, 0.4) is 0 Å². The molecule has 0 radical (unpaired) electrons. The second kappa shape index (κ2) is 65.9. The first-order valence-electron chi connectivity index (χ1n) is 36.6. The van der Waals surface area contributed by atoms with Gasteiger partial charge in [-0.2, -0.15) is 0 Å². The maximum atomic E-state index is 13.6. The van der Waals surface area contributed by atoms with Crippen LogP contribution in [-0.4, -0.2) is 74.3 Å². The van der Waals surface area contributed by atoms with Crippen LogP contribution in [0.5, 0.6) is 0 Å². The van der Waals surface area contributed by atoms with Gasteiger partial charge in [-0.1, -0.05) is 305 Å². The molecule has 0 heterocycles. The molecule has 0 aliphatic carbocycles. The molecule has 0 saturated carbocycles. The molecule has 0 aliphatic rings. The van der Waals surface area contributed by atoms with Crippen LogP contribution in [0.25, 0.3) is 0 Å². The average molecular weight is 1240 g/mol. The summed E-state index contributed by atoms with van der Waals surface area (Å²) in [5.74, 6) is -0.549. The summed E-state index contributed by atoms with van der Waals surface area (Å²) in [5, 5.41) is 3.05. The minimum Gasteiger partial charge on any atom is -0.456 e. The Hall–Kier alpha value is -3.07. The summed E-state index contributed by atoms with van der Waals surface area (Å²) in [7, 11) is 1.47. The zero-order valence-corrected chi connectivity index (χ0v) is 58.6. The minimum absolute atomic E-state index is 0.0286. The number of phosphoric ester groups is 1. The molecule has 87 heavy (non-hydrogen) atoms. The Morgan fingerprint density at radius 1 is 0.414 bits per heavy atom. The van der Waals surface area contributed by atoms with E-state index in [9.17, 15) is 19.0 Å². The number of rotatable bonds is 66. The van der Waals surface area contributed by atoms with E-state index in [0.717, 1.165) is 89.9 Å². The molecule has 0 rings (SSSR count). The highest BCUT2D eigenvalue weighted by Gasteiger charge is 2.30. The van der Waals surface area contributed by atoms with Gasteiger partial charge in [0.15, 0.2) is 0 Å². The van der Waals surface area contributed by atoms with Crippen LogP contribution >= 0.6 is 7.82 Å². The second-order valence-electron chi connectivity index (χ2n) is 25.7. The van der Waals surface area contributed by atoms with Crippen molar-refractivity contribution in [2.75, 3.05) is 40.9 Å². The molecule has 1 amide bonds. The first-order valence-corrected chi connectivity index (χ1v) is 38.1. The van der Waals surface area contributed by atoms with Crippen molar-refractivity contribution in [3.63, 3.8) is 0 Å². The summed E-state index contributed by atoms with van der Waals surface area (Å²) in [6.45, 7) is 6.89. The summed E-state index contributed by atoms with van der Waals surface area (Å²) in [4.78, 5) is 37.9. The van der Waals surface area contributed by atoms with E-state index in [0.29, 0.717) is 17.4 Å². The van der Waals surface area contributed by atoms with Crippen molar-refractivity contribution < 1.29 is 37.3 Å². The van der Waals surface area contributed by atoms with E-state index in [1.165, 1.54) is 199 Å². The van der Waals surface area contributed by atoms with Gasteiger partial charge in [-0.15, -0.1) is 0 Å². The molecular weight excluding hydrogens is 1100 g/mol. The quantitative estimate of drug-likeness (QED) is 0.0205. The zero-order chi connectivity index (χ0) is 63.5. The van der Waals surface area contributed by atoms with Crippen molar-refractivity contribution in [2.24, 2.45) is 0 Å². The van der Waals surface area contributed by atoms with Crippen LogP contribution in [0.2, 0.25) is 0 Å². The Balaban J connectivity index is 5.11. The van der Waals surface area contributed by atoms with Gasteiger partial charge in [-0.25, -0.2) is 4.57 Å². The maximum absolute atomic E-state index is 13.6. The van der Waals surface area contributed by atoms with Crippen LogP contribution in [0.15, 0.2) is 97.2 Å². The molecule has 0 aromatic carbocycles. The van der Waals surface area contributed by atoms with E-state index in [4.69, 9.17) is 13.8 Å². The van der Waals surface area contributed by atoms with Crippen molar-refractivity contribution in [1.29, 1.82) is 0 Å². The van der Waals surface area contributed by atoms with Crippen LogP contribution in [0.1, 0.15) is 329 Å². The summed E-state index contributed by atoms with van der Waals surface area (Å²) in [6.07, 6.45) is 90.1. The summed E-state index contributed by atoms with van der Waals surface area (Å²) in [6, 6.07) is -0.877. The molecule has 0 spiro atoms. The normalized spacial score (nSPS) is 14.1. The summed E-state index contributed by atoms with van der Waals surface area (Å²) < 4.78 is 30.8. The summed E-state index contributed by atoms with van der Waals surface area (Å²) in [5.41, 5.74) is 0. The third-order valence-electron chi connectivity index (χ3n) is 16.0.